The maximum atomic E-state index is 13.0. The van der Waals surface area contributed by atoms with Gasteiger partial charge in [-0.2, -0.15) is 5.10 Å². The summed E-state index contributed by atoms with van der Waals surface area (Å²) in [6, 6.07) is 15.6. The van der Waals surface area contributed by atoms with Crippen molar-refractivity contribution in [1.29, 1.82) is 0 Å². The summed E-state index contributed by atoms with van der Waals surface area (Å²) in [6.45, 7) is 0. The van der Waals surface area contributed by atoms with Crippen LogP contribution in [0.1, 0.15) is 5.56 Å². The zero-order valence-corrected chi connectivity index (χ0v) is 15.0. The van der Waals surface area contributed by atoms with Crippen LogP contribution in [-0.2, 0) is 10.0 Å². The Balaban J connectivity index is 1.78. The highest BCUT2D eigenvalue weighted by Crippen LogP contribution is 2.25. The first-order chi connectivity index (χ1) is 12.7. The first-order valence-electron chi connectivity index (χ1n) is 7.62. The summed E-state index contributed by atoms with van der Waals surface area (Å²) < 4.78 is 27.3. The normalized spacial score (nSPS) is 12.0. The predicted molar refractivity (Wildman–Crippen MR) is 102 cm³/mol. The second kappa shape index (κ2) is 6.70. The number of aromatic nitrogens is 3. The molecule has 0 unspecified atom stereocenters. The van der Waals surface area contributed by atoms with Crippen LogP contribution in [-0.4, -0.2) is 28.8 Å². The average Bonchev–Trinajstić information content (AvgIpc) is 3.31. The number of fused-ring (bicyclic) bond motifs is 1. The predicted octanol–water partition coefficient (Wildman–Crippen LogP) is 3.18. The molecule has 4 rings (SSSR count). The van der Waals surface area contributed by atoms with Crippen LogP contribution >= 0.6 is 11.3 Å². The molecule has 2 heterocycles. The van der Waals surface area contributed by atoms with Gasteiger partial charge in [0.2, 0.25) is 5.13 Å². The van der Waals surface area contributed by atoms with Gasteiger partial charge in [0, 0.05) is 17.1 Å². The smallest absolute Gasteiger partial charge is 0.251 e. The molecule has 7 nitrogen and oxygen atoms in total. The van der Waals surface area contributed by atoms with Gasteiger partial charge in [0.25, 0.3) is 10.0 Å². The minimum Gasteiger partial charge on any atom is -0.251 e. The second-order valence-electron chi connectivity index (χ2n) is 5.33. The van der Waals surface area contributed by atoms with Crippen molar-refractivity contribution in [2.75, 3.05) is 5.43 Å². The second-order valence-corrected chi connectivity index (χ2v) is 7.98. The zero-order valence-electron chi connectivity index (χ0n) is 13.4. The van der Waals surface area contributed by atoms with Crippen molar-refractivity contribution < 1.29 is 8.42 Å². The van der Waals surface area contributed by atoms with Crippen LogP contribution in [0.3, 0.4) is 0 Å². The molecule has 0 saturated heterocycles. The van der Waals surface area contributed by atoms with Crippen molar-refractivity contribution in [3.05, 3.63) is 71.9 Å². The van der Waals surface area contributed by atoms with Gasteiger partial charge in [-0.15, -0.1) is 10.2 Å². The molecule has 0 atom stereocenters. The molecule has 0 aliphatic carbocycles. The van der Waals surface area contributed by atoms with Crippen LogP contribution in [0.4, 0.5) is 5.13 Å². The Kier molecular flexibility index (Phi) is 4.23. The maximum Gasteiger partial charge on any atom is 0.268 e. The summed E-state index contributed by atoms with van der Waals surface area (Å²) in [7, 11) is -3.70. The molecule has 0 aliphatic rings. The SMILES string of the molecule is O=S(=O)(c1ccccc1)n1cc(/C=N/Nc2nncs2)c2ccccc21. The van der Waals surface area contributed by atoms with Gasteiger partial charge < -0.3 is 0 Å². The summed E-state index contributed by atoms with van der Waals surface area (Å²) in [6.07, 6.45) is 3.14. The number of nitrogens with zero attached hydrogens (tertiary/aromatic N) is 4. The molecule has 0 fully saturated rings. The molecular formula is C17H13N5O2S2. The number of benzene rings is 2. The summed E-state index contributed by atoms with van der Waals surface area (Å²) >= 11 is 1.32. The number of hydrogen-bond donors (Lipinski definition) is 1. The highest BCUT2D eigenvalue weighted by molar-refractivity contribution is 7.90. The number of nitrogens with one attached hydrogen (secondary N) is 1. The fraction of sp³-hybridized carbons (Fsp3) is 0. The Morgan fingerprint density at radius 2 is 1.85 bits per heavy atom. The molecule has 0 amide bonds. The molecule has 4 aromatic rings. The van der Waals surface area contributed by atoms with Gasteiger partial charge in [-0.05, 0) is 18.2 Å². The maximum absolute atomic E-state index is 13.0. The lowest BCUT2D eigenvalue weighted by molar-refractivity contribution is 0.589. The Labute approximate surface area is 153 Å². The first kappa shape index (κ1) is 16.4. The molecule has 0 aliphatic heterocycles. The van der Waals surface area contributed by atoms with Gasteiger partial charge in [-0.25, -0.2) is 12.4 Å². The Hall–Kier alpha value is -3.04. The molecule has 0 bridgehead atoms. The monoisotopic (exact) mass is 383 g/mol. The molecule has 1 N–H and O–H groups in total. The van der Waals surface area contributed by atoms with E-state index in [1.165, 1.54) is 15.3 Å². The van der Waals surface area contributed by atoms with Crippen molar-refractivity contribution in [2.45, 2.75) is 4.90 Å². The zero-order chi connectivity index (χ0) is 18.0. The van der Waals surface area contributed by atoms with E-state index in [1.807, 2.05) is 12.1 Å². The van der Waals surface area contributed by atoms with E-state index in [-0.39, 0.29) is 4.90 Å². The third kappa shape index (κ3) is 2.98. The van der Waals surface area contributed by atoms with Gasteiger partial charge >= 0.3 is 0 Å². The minimum absolute atomic E-state index is 0.233. The quantitative estimate of drug-likeness (QED) is 0.422. The van der Waals surface area contributed by atoms with Gasteiger partial charge in [0.1, 0.15) is 5.51 Å². The standard InChI is InChI=1S/C17H13N5O2S2/c23-26(24,14-6-2-1-3-7-14)22-11-13(15-8-4-5-9-16(15)22)10-18-20-17-21-19-12-25-17/h1-12H,(H,20,21)/b18-10+. The van der Waals surface area contributed by atoms with Crippen molar-refractivity contribution in [3.8, 4) is 0 Å². The van der Waals surface area contributed by atoms with Crippen molar-refractivity contribution in [2.24, 2.45) is 5.10 Å². The van der Waals surface area contributed by atoms with Crippen LogP contribution < -0.4 is 5.43 Å². The largest absolute Gasteiger partial charge is 0.268 e. The van der Waals surface area contributed by atoms with E-state index in [2.05, 4.69) is 20.7 Å². The molecule has 26 heavy (non-hydrogen) atoms. The number of rotatable bonds is 5. The van der Waals surface area contributed by atoms with Crippen LogP contribution in [0.2, 0.25) is 0 Å². The molecular weight excluding hydrogens is 370 g/mol. The molecule has 2 aromatic heterocycles. The topological polar surface area (TPSA) is 89.2 Å². The van der Waals surface area contributed by atoms with Gasteiger partial charge in [-0.1, -0.05) is 47.7 Å². The lowest BCUT2D eigenvalue weighted by Crippen LogP contribution is -2.11. The van der Waals surface area contributed by atoms with E-state index in [4.69, 9.17) is 0 Å². The van der Waals surface area contributed by atoms with Crippen molar-refractivity contribution in [1.82, 2.24) is 14.2 Å². The van der Waals surface area contributed by atoms with Crippen molar-refractivity contribution in [3.63, 3.8) is 0 Å². The summed E-state index contributed by atoms with van der Waals surface area (Å²) in [5.41, 5.74) is 5.64. The first-order valence-corrected chi connectivity index (χ1v) is 9.94. The highest BCUT2D eigenvalue weighted by atomic mass is 32.2. The van der Waals surface area contributed by atoms with E-state index >= 15 is 0 Å². The summed E-state index contributed by atoms with van der Waals surface area (Å²) in [5.74, 6) is 0. The molecule has 0 saturated carbocycles. The van der Waals surface area contributed by atoms with E-state index in [0.29, 0.717) is 16.2 Å². The van der Waals surface area contributed by atoms with Crippen LogP contribution in [0, 0.1) is 0 Å². The fourth-order valence-electron chi connectivity index (χ4n) is 2.56. The molecule has 130 valence electrons. The van der Waals surface area contributed by atoms with E-state index in [1.54, 1.807) is 60.4 Å². The van der Waals surface area contributed by atoms with Gasteiger partial charge in [0.15, 0.2) is 0 Å². The summed E-state index contributed by atoms with van der Waals surface area (Å²) in [4.78, 5) is 0.233. The van der Waals surface area contributed by atoms with Gasteiger partial charge in [0.05, 0.1) is 16.6 Å². The average molecular weight is 383 g/mol. The van der Waals surface area contributed by atoms with Crippen molar-refractivity contribution >= 4 is 43.6 Å². The molecule has 0 radical (unpaired) electrons. The number of anilines is 1. The van der Waals surface area contributed by atoms with E-state index in [9.17, 15) is 8.42 Å². The Morgan fingerprint density at radius 3 is 2.62 bits per heavy atom. The van der Waals surface area contributed by atoms with Crippen LogP contribution in [0.5, 0.6) is 0 Å². The molecule has 2 aromatic carbocycles. The number of hydrogen-bond acceptors (Lipinski definition) is 7. The highest BCUT2D eigenvalue weighted by Gasteiger charge is 2.20. The van der Waals surface area contributed by atoms with Gasteiger partial charge in [-0.3, -0.25) is 5.43 Å². The third-order valence-electron chi connectivity index (χ3n) is 3.73. The van der Waals surface area contributed by atoms with Crippen LogP contribution in [0.15, 0.2) is 76.3 Å². The number of para-hydroxylation sites is 1. The fourth-order valence-corrected chi connectivity index (χ4v) is 4.35. The lowest BCUT2D eigenvalue weighted by atomic mass is 10.2. The minimum atomic E-state index is -3.70. The summed E-state index contributed by atoms with van der Waals surface area (Å²) in [5, 5.41) is 13.0. The lowest BCUT2D eigenvalue weighted by Gasteiger charge is -2.07. The molecule has 9 heteroatoms. The van der Waals surface area contributed by atoms with E-state index in [0.717, 1.165) is 5.39 Å². The van der Waals surface area contributed by atoms with E-state index < -0.39 is 10.0 Å². The number of hydrazone groups is 1. The Morgan fingerprint density at radius 1 is 1.08 bits per heavy atom. The molecule has 0 spiro atoms. The Bertz CT molecular complexity index is 1170. The third-order valence-corrected chi connectivity index (χ3v) is 6.02. The van der Waals surface area contributed by atoms with Crippen LogP contribution in [0.25, 0.3) is 10.9 Å².